The summed E-state index contributed by atoms with van der Waals surface area (Å²) in [6.07, 6.45) is 2.37. The molecule has 0 bridgehead atoms. The third kappa shape index (κ3) is 2.52. The van der Waals surface area contributed by atoms with E-state index in [1.165, 1.54) is 0 Å². The van der Waals surface area contributed by atoms with E-state index >= 15 is 0 Å². The van der Waals surface area contributed by atoms with E-state index < -0.39 is 0 Å². The number of fused-ring (bicyclic) bond motifs is 3. The topological polar surface area (TPSA) is 79.6 Å². The van der Waals surface area contributed by atoms with Gasteiger partial charge in [0, 0.05) is 23.5 Å². The molecule has 0 fully saturated rings. The molecule has 3 heterocycles. The summed E-state index contributed by atoms with van der Waals surface area (Å²) in [5, 5.41) is 11.6. The Balaban J connectivity index is 1.66. The van der Waals surface area contributed by atoms with E-state index in [1.807, 2.05) is 31.2 Å². The molecule has 0 spiro atoms. The van der Waals surface area contributed by atoms with Gasteiger partial charge in [-0.2, -0.15) is 5.10 Å². The molecule has 4 aromatic rings. The second kappa shape index (κ2) is 5.39. The molecule has 2 N–H and O–H groups in total. The van der Waals surface area contributed by atoms with Gasteiger partial charge in [0.2, 0.25) is 0 Å². The van der Waals surface area contributed by atoms with Crippen LogP contribution in [0.2, 0.25) is 0 Å². The smallest absolute Gasteiger partial charge is 0.196 e. The van der Waals surface area contributed by atoms with Crippen molar-refractivity contribution in [3.63, 3.8) is 0 Å². The number of anilines is 1. The van der Waals surface area contributed by atoms with Crippen molar-refractivity contribution in [1.29, 1.82) is 0 Å². The molecule has 1 unspecified atom stereocenters. The van der Waals surface area contributed by atoms with Gasteiger partial charge >= 0.3 is 0 Å². The predicted octanol–water partition coefficient (Wildman–Crippen LogP) is 3.45. The van der Waals surface area contributed by atoms with Crippen molar-refractivity contribution >= 4 is 27.9 Å². The Bertz CT molecular complexity index is 971. The maximum atomic E-state index is 5.93. The fourth-order valence-electron chi connectivity index (χ4n) is 2.80. The second-order valence-electron chi connectivity index (χ2n) is 5.79. The highest BCUT2D eigenvalue weighted by atomic mass is 16.3. The van der Waals surface area contributed by atoms with Gasteiger partial charge < -0.3 is 9.73 Å². The minimum Gasteiger partial charge on any atom is -0.450 e. The van der Waals surface area contributed by atoms with Crippen LogP contribution in [0.25, 0.3) is 22.1 Å². The van der Waals surface area contributed by atoms with Gasteiger partial charge in [-0.1, -0.05) is 12.1 Å². The second-order valence-corrected chi connectivity index (χ2v) is 5.79. The van der Waals surface area contributed by atoms with Crippen LogP contribution in [-0.2, 0) is 6.42 Å². The number of aromatic amines is 1. The van der Waals surface area contributed by atoms with E-state index in [0.29, 0.717) is 11.4 Å². The van der Waals surface area contributed by atoms with Gasteiger partial charge in [-0.25, -0.2) is 9.97 Å². The largest absolute Gasteiger partial charge is 0.450 e. The molecule has 0 saturated heterocycles. The quantitative estimate of drug-likeness (QED) is 0.603. The Labute approximate surface area is 132 Å². The Kier molecular flexibility index (Phi) is 3.22. The molecule has 0 saturated carbocycles. The number of nitrogens with one attached hydrogen (secondary N) is 2. The average molecular weight is 307 g/mol. The third-order valence-electron chi connectivity index (χ3n) is 3.82. The van der Waals surface area contributed by atoms with Crippen LogP contribution < -0.4 is 5.32 Å². The van der Waals surface area contributed by atoms with Crippen molar-refractivity contribution in [2.24, 2.45) is 0 Å². The number of hydrogen-bond acceptors (Lipinski definition) is 5. The normalized spacial score (nSPS) is 12.8. The van der Waals surface area contributed by atoms with Crippen LogP contribution in [0.4, 0.5) is 5.82 Å². The number of H-pyrrole nitrogens is 1. The Morgan fingerprint density at radius 2 is 2.13 bits per heavy atom. The molecule has 0 aliphatic rings. The van der Waals surface area contributed by atoms with E-state index in [4.69, 9.17) is 4.42 Å². The molecule has 6 heteroatoms. The maximum absolute atomic E-state index is 5.93. The van der Waals surface area contributed by atoms with Gasteiger partial charge in [-0.3, -0.25) is 5.10 Å². The molecule has 116 valence electrons. The summed E-state index contributed by atoms with van der Waals surface area (Å²) in [6.45, 7) is 4.09. The summed E-state index contributed by atoms with van der Waals surface area (Å²) in [6, 6.07) is 10.1. The molecule has 1 aromatic carbocycles. The van der Waals surface area contributed by atoms with Crippen LogP contribution in [0.15, 0.2) is 41.1 Å². The van der Waals surface area contributed by atoms with Gasteiger partial charge in [-0.05, 0) is 32.0 Å². The number of rotatable bonds is 4. The fraction of sp³-hybridized carbons (Fsp3) is 0.235. The summed E-state index contributed by atoms with van der Waals surface area (Å²) in [5.74, 6) is 0.714. The maximum Gasteiger partial charge on any atom is 0.196 e. The first-order valence-electron chi connectivity index (χ1n) is 7.60. The molecule has 3 aromatic heterocycles. The minimum absolute atomic E-state index is 0.170. The van der Waals surface area contributed by atoms with E-state index in [2.05, 4.69) is 38.5 Å². The average Bonchev–Trinajstić information content (AvgIpc) is 3.11. The van der Waals surface area contributed by atoms with E-state index in [9.17, 15) is 0 Å². The predicted molar refractivity (Wildman–Crippen MR) is 89.4 cm³/mol. The van der Waals surface area contributed by atoms with Gasteiger partial charge in [0.15, 0.2) is 11.4 Å². The zero-order valence-corrected chi connectivity index (χ0v) is 13.0. The van der Waals surface area contributed by atoms with Gasteiger partial charge in [-0.15, -0.1) is 0 Å². The van der Waals surface area contributed by atoms with Crippen LogP contribution >= 0.6 is 0 Å². The monoisotopic (exact) mass is 307 g/mol. The highest BCUT2D eigenvalue weighted by Gasteiger charge is 2.15. The molecule has 0 aliphatic carbocycles. The summed E-state index contributed by atoms with van der Waals surface area (Å²) >= 11 is 0. The summed E-state index contributed by atoms with van der Waals surface area (Å²) in [5.41, 5.74) is 4.44. The number of hydrogen-bond donors (Lipinski definition) is 2. The number of benzene rings is 1. The van der Waals surface area contributed by atoms with Crippen LogP contribution in [0, 0.1) is 6.92 Å². The number of furan rings is 1. The molecular formula is C17H17N5O. The highest BCUT2D eigenvalue weighted by molar-refractivity contribution is 6.05. The number of nitrogens with zero attached hydrogens (tertiary/aromatic N) is 3. The van der Waals surface area contributed by atoms with Crippen LogP contribution in [0.3, 0.4) is 0 Å². The molecule has 0 aliphatic heterocycles. The first kappa shape index (κ1) is 13.8. The van der Waals surface area contributed by atoms with Crippen molar-refractivity contribution in [2.75, 3.05) is 5.32 Å². The molecular weight excluding hydrogens is 290 g/mol. The van der Waals surface area contributed by atoms with Crippen molar-refractivity contribution in [3.05, 3.63) is 48.0 Å². The number of para-hydroxylation sites is 1. The summed E-state index contributed by atoms with van der Waals surface area (Å²) < 4.78 is 5.93. The zero-order chi connectivity index (χ0) is 15.8. The van der Waals surface area contributed by atoms with E-state index in [0.717, 1.165) is 34.3 Å². The molecule has 0 radical (unpaired) electrons. The van der Waals surface area contributed by atoms with Crippen molar-refractivity contribution in [3.8, 4) is 0 Å². The van der Waals surface area contributed by atoms with Crippen LogP contribution in [-0.4, -0.2) is 26.2 Å². The van der Waals surface area contributed by atoms with Crippen molar-refractivity contribution in [1.82, 2.24) is 20.2 Å². The lowest BCUT2D eigenvalue weighted by Gasteiger charge is -2.12. The standard InChI is InChI=1S/C17H17N5O/c1-10(7-12-8-11(2)21-22-12)20-17-16-15(18-9-19-17)13-5-3-4-6-14(13)23-16/h3-6,8-10H,7H2,1-2H3,(H,21,22)(H,18,19,20). The molecule has 6 nitrogen and oxygen atoms in total. The summed E-state index contributed by atoms with van der Waals surface area (Å²) in [7, 11) is 0. The lowest BCUT2D eigenvalue weighted by atomic mass is 10.2. The summed E-state index contributed by atoms with van der Waals surface area (Å²) in [4.78, 5) is 8.71. The minimum atomic E-state index is 0.170. The van der Waals surface area contributed by atoms with Crippen LogP contribution in [0.1, 0.15) is 18.3 Å². The number of aromatic nitrogens is 4. The first-order chi connectivity index (χ1) is 11.2. The van der Waals surface area contributed by atoms with E-state index in [-0.39, 0.29) is 6.04 Å². The van der Waals surface area contributed by atoms with Crippen molar-refractivity contribution < 1.29 is 4.42 Å². The fourth-order valence-corrected chi connectivity index (χ4v) is 2.80. The van der Waals surface area contributed by atoms with Gasteiger partial charge in [0.1, 0.15) is 17.4 Å². The third-order valence-corrected chi connectivity index (χ3v) is 3.82. The molecule has 1 atom stereocenters. The lowest BCUT2D eigenvalue weighted by Crippen LogP contribution is -2.19. The Morgan fingerprint density at radius 3 is 2.96 bits per heavy atom. The van der Waals surface area contributed by atoms with Crippen molar-refractivity contribution in [2.45, 2.75) is 26.3 Å². The molecule has 4 rings (SSSR count). The number of aryl methyl sites for hydroxylation is 1. The molecule has 23 heavy (non-hydrogen) atoms. The van der Waals surface area contributed by atoms with Crippen LogP contribution in [0.5, 0.6) is 0 Å². The van der Waals surface area contributed by atoms with Gasteiger partial charge in [0.05, 0.1) is 5.69 Å². The Morgan fingerprint density at radius 1 is 1.26 bits per heavy atom. The van der Waals surface area contributed by atoms with E-state index in [1.54, 1.807) is 6.33 Å². The van der Waals surface area contributed by atoms with Gasteiger partial charge in [0.25, 0.3) is 0 Å². The first-order valence-corrected chi connectivity index (χ1v) is 7.60. The lowest BCUT2D eigenvalue weighted by molar-refractivity contribution is 0.663. The SMILES string of the molecule is Cc1cc(CC(C)Nc2ncnc3c2oc2ccccc23)n[nH]1. The zero-order valence-electron chi connectivity index (χ0n) is 13.0. The highest BCUT2D eigenvalue weighted by Crippen LogP contribution is 2.30. The Hall–Kier alpha value is -2.89. The molecule has 0 amide bonds.